The number of hydrogen-bond acceptors (Lipinski definition) is 3. The summed E-state index contributed by atoms with van der Waals surface area (Å²) < 4.78 is 5.14. The minimum atomic E-state index is 0.464. The van der Waals surface area contributed by atoms with Crippen molar-refractivity contribution in [2.24, 2.45) is 0 Å². The zero-order valence-corrected chi connectivity index (χ0v) is 9.61. The molecule has 16 heavy (non-hydrogen) atoms. The first kappa shape index (κ1) is 11.0. The van der Waals surface area contributed by atoms with Crippen LogP contribution in [0.15, 0.2) is 36.5 Å². The van der Waals surface area contributed by atoms with Crippen LogP contribution in [0.1, 0.15) is 5.56 Å². The molecule has 0 saturated heterocycles. The van der Waals surface area contributed by atoms with Crippen molar-refractivity contribution in [1.29, 1.82) is 0 Å². The monoisotopic (exact) mass is 234 g/mol. The average Bonchev–Trinajstić information content (AvgIpc) is 2.33. The molecule has 1 aromatic carbocycles. The topological polar surface area (TPSA) is 35.0 Å². The number of nitrogens with zero attached hydrogens (tertiary/aromatic N) is 2. The van der Waals surface area contributed by atoms with E-state index in [2.05, 4.69) is 10.2 Å². The summed E-state index contributed by atoms with van der Waals surface area (Å²) in [5.74, 6) is 0. The Kier molecular flexibility index (Phi) is 3.49. The lowest BCUT2D eigenvalue weighted by Gasteiger charge is -2.09. The number of aromatic nitrogens is 2. The van der Waals surface area contributed by atoms with Gasteiger partial charge in [0.1, 0.15) is 0 Å². The van der Waals surface area contributed by atoms with Gasteiger partial charge in [-0.05, 0) is 18.2 Å². The third-order valence-electron chi connectivity index (χ3n) is 2.26. The summed E-state index contributed by atoms with van der Waals surface area (Å²) in [6, 6.07) is 9.45. The van der Waals surface area contributed by atoms with E-state index >= 15 is 0 Å². The Morgan fingerprint density at radius 2 is 2.12 bits per heavy atom. The van der Waals surface area contributed by atoms with E-state index in [1.54, 1.807) is 13.3 Å². The molecule has 1 heterocycles. The molecule has 3 nitrogen and oxygen atoms in total. The van der Waals surface area contributed by atoms with Crippen molar-refractivity contribution in [3.63, 3.8) is 0 Å². The summed E-state index contributed by atoms with van der Waals surface area (Å²) in [7, 11) is 1.64. The molecule has 2 rings (SSSR count). The minimum Gasteiger partial charge on any atom is -0.380 e. The summed E-state index contributed by atoms with van der Waals surface area (Å²) in [6.45, 7) is 0.464. The Morgan fingerprint density at radius 3 is 2.81 bits per heavy atom. The minimum absolute atomic E-state index is 0.464. The highest BCUT2D eigenvalue weighted by atomic mass is 35.5. The molecule has 0 saturated carbocycles. The van der Waals surface area contributed by atoms with Crippen LogP contribution in [-0.2, 0) is 11.3 Å². The van der Waals surface area contributed by atoms with Gasteiger partial charge in [-0.25, -0.2) is 0 Å². The second kappa shape index (κ2) is 5.05. The third kappa shape index (κ3) is 2.21. The lowest BCUT2D eigenvalue weighted by molar-refractivity contribution is 0.185. The standard InChI is InChI=1S/C12H11ClN2O/c1-16-8-10-9(4-2-5-11(10)13)12-6-3-7-14-15-12/h2-7H,8H2,1H3. The number of ether oxygens (including phenoxy) is 1. The Morgan fingerprint density at radius 1 is 1.25 bits per heavy atom. The third-order valence-corrected chi connectivity index (χ3v) is 2.61. The Hall–Kier alpha value is -1.45. The maximum atomic E-state index is 6.13. The molecule has 0 aliphatic carbocycles. The highest BCUT2D eigenvalue weighted by Crippen LogP contribution is 2.27. The van der Waals surface area contributed by atoms with Crippen LogP contribution in [0.4, 0.5) is 0 Å². The number of hydrogen-bond donors (Lipinski definition) is 0. The normalized spacial score (nSPS) is 10.4. The second-order valence-electron chi connectivity index (χ2n) is 3.31. The molecule has 0 atom stereocenters. The molecule has 0 aliphatic heterocycles. The molecule has 0 N–H and O–H groups in total. The fourth-order valence-electron chi connectivity index (χ4n) is 1.53. The van der Waals surface area contributed by atoms with Crippen LogP contribution >= 0.6 is 11.6 Å². The van der Waals surface area contributed by atoms with E-state index < -0.39 is 0 Å². The van der Waals surface area contributed by atoms with E-state index in [-0.39, 0.29) is 0 Å². The summed E-state index contributed by atoms with van der Waals surface area (Å²) in [4.78, 5) is 0. The van der Waals surface area contributed by atoms with Crippen molar-refractivity contribution in [3.8, 4) is 11.3 Å². The van der Waals surface area contributed by atoms with E-state index in [1.807, 2.05) is 30.3 Å². The lowest BCUT2D eigenvalue weighted by Crippen LogP contribution is -1.95. The first-order chi connectivity index (χ1) is 7.83. The molecule has 0 amide bonds. The lowest BCUT2D eigenvalue weighted by atomic mass is 10.0. The smallest absolute Gasteiger partial charge is 0.0933 e. The van der Waals surface area contributed by atoms with Crippen molar-refractivity contribution in [1.82, 2.24) is 10.2 Å². The highest BCUT2D eigenvalue weighted by molar-refractivity contribution is 6.31. The summed E-state index contributed by atoms with van der Waals surface area (Å²) in [6.07, 6.45) is 1.64. The van der Waals surface area contributed by atoms with E-state index in [4.69, 9.17) is 16.3 Å². The number of rotatable bonds is 3. The number of halogens is 1. The van der Waals surface area contributed by atoms with Gasteiger partial charge in [-0.2, -0.15) is 10.2 Å². The summed E-state index contributed by atoms with van der Waals surface area (Å²) in [5.41, 5.74) is 2.70. The van der Waals surface area contributed by atoms with Gasteiger partial charge in [0, 0.05) is 29.5 Å². The van der Waals surface area contributed by atoms with E-state index in [9.17, 15) is 0 Å². The Labute approximate surface area is 99.0 Å². The van der Waals surface area contributed by atoms with E-state index in [0.29, 0.717) is 11.6 Å². The molecule has 0 unspecified atom stereocenters. The van der Waals surface area contributed by atoms with Gasteiger partial charge in [-0.1, -0.05) is 23.7 Å². The van der Waals surface area contributed by atoms with Crippen LogP contribution in [0.5, 0.6) is 0 Å². The Balaban J connectivity index is 2.52. The van der Waals surface area contributed by atoms with Gasteiger partial charge >= 0.3 is 0 Å². The summed E-state index contributed by atoms with van der Waals surface area (Å²) >= 11 is 6.13. The van der Waals surface area contributed by atoms with E-state index in [1.165, 1.54) is 0 Å². The molecule has 0 fully saturated rings. The zero-order chi connectivity index (χ0) is 11.4. The second-order valence-corrected chi connectivity index (χ2v) is 3.72. The molecular weight excluding hydrogens is 224 g/mol. The zero-order valence-electron chi connectivity index (χ0n) is 8.85. The van der Waals surface area contributed by atoms with Crippen LogP contribution < -0.4 is 0 Å². The maximum absolute atomic E-state index is 6.13. The van der Waals surface area contributed by atoms with Crippen molar-refractivity contribution < 1.29 is 4.74 Å². The first-order valence-electron chi connectivity index (χ1n) is 4.87. The quantitative estimate of drug-likeness (QED) is 0.819. The average molecular weight is 235 g/mol. The van der Waals surface area contributed by atoms with Gasteiger partial charge in [0.15, 0.2) is 0 Å². The molecule has 0 bridgehead atoms. The van der Waals surface area contributed by atoms with Crippen molar-refractivity contribution in [3.05, 3.63) is 47.1 Å². The van der Waals surface area contributed by atoms with Crippen LogP contribution in [0, 0.1) is 0 Å². The van der Waals surface area contributed by atoms with Gasteiger partial charge in [0.2, 0.25) is 0 Å². The predicted octanol–water partition coefficient (Wildman–Crippen LogP) is 2.94. The number of benzene rings is 1. The van der Waals surface area contributed by atoms with Crippen molar-refractivity contribution in [2.75, 3.05) is 7.11 Å². The largest absolute Gasteiger partial charge is 0.380 e. The summed E-state index contributed by atoms with van der Waals surface area (Å²) in [5, 5.41) is 8.61. The highest BCUT2D eigenvalue weighted by Gasteiger charge is 2.09. The number of methoxy groups -OCH3 is 1. The molecular formula is C12H11ClN2O. The molecule has 4 heteroatoms. The van der Waals surface area contributed by atoms with Gasteiger partial charge in [-0.15, -0.1) is 0 Å². The fourth-order valence-corrected chi connectivity index (χ4v) is 1.76. The Bertz CT molecular complexity index is 474. The molecule has 0 aliphatic rings. The van der Waals surface area contributed by atoms with Gasteiger partial charge in [0.25, 0.3) is 0 Å². The van der Waals surface area contributed by atoms with Crippen LogP contribution in [0.25, 0.3) is 11.3 Å². The molecule has 82 valence electrons. The SMILES string of the molecule is COCc1c(Cl)cccc1-c1cccnn1. The van der Waals surface area contributed by atoms with Gasteiger partial charge < -0.3 is 4.74 Å². The maximum Gasteiger partial charge on any atom is 0.0933 e. The molecule has 0 spiro atoms. The van der Waals surface area contributed by atoms with Gasteiger partial charge in [-0.3, -0.25) is 0 Å². The van der Waals surface area contributed by atoms with Crippen molar-refractivity contribution >= 4 is 11.6 Å². The first-order valence-corrected chi connectivity index (χ1v) is 5.25. The molecule has 0 radical (unpaired) electrons. The molecule has 1 aromatic heterocycles. The van der Waals surface area contributed by atoms with Crippen molar-refractivity contribution in [2.45, 2.75) is 6.61 Å². The van der Waals surface area contributed by atoms with E-state index in [0.717, 1.165) is 16.8 Å². The predicted molar refractivity (Wildman–Crippen MR) is 63.2 cm³/mol. The van der Waals surface area contributed by atoms with Gasteiger partial charge in [0.05, 0.1) is 12.3 Å². The molecule has 2 aromatic rings. The van der Waals surface area contributed by atoms with Crippen LogP contribution in [0.3, 0.4) is 0 Å². The fraction of sp³-hybridized carbons (Fsp3) is 0.167. The van der Waals surface area contributed by atoms with Crippen LogP contribution in [0.2, 0.25) is 5.02 Å². The van der Waals surface area contributed by atoms with Crippen LogP contribution in [-0.4, -0.2) is 17.3 Å².